The molecule has 0 unspecified atom stereocenters. The number of benzene rings is 1. The lowest BCUT2D eigenvalue weighted by Crippen LogP contribution is -2.44. The number of hydrogen-bond acceptors (Lipinski definition) is 6. The summed E-state index contributed by atoms with van der Waals surface area (Å²) in [7, 11) is -0.411. The Morgan fingerprint density at radius 2 is 1.66 bits per heavy atom. The van der Waals surface area contributed by atoms with E-state index >= 15 is 0 Å². The van der Waals surface area contributed by atoms with Crippen molar-refractivity contribution < 1.29 is 28.4 Å². The van der Waals surface area contributed by atoms with Crippen LogP contribution in [0.3, 0.4) is 0 Å². The maximum atomic E-state index is 12.8. The number of carbonyl (C=O) groups excluding carboxylic acids is 2. The standard InChI is InChI=1S/C27H40BNO6/c1-25(2,3)33-24(31)29-22(23(30)32-21-12-8-9-13-21)14-10-11-19-15-17-20(18-16-19)28-34-26(4,5)27(6,7)35-28/h10-11,15-18,21-22H,8-9,12-14H2,1-7H3,(H,29,31)/t22-/m0/s1. The number of hydrogen-bond donors (Lipinski definition) is 1. The Balaban J connectivity index is 1.62. The van der Waals surface area contributed by atoms with E-state index in [0.29, 0.717) is 6.42 Å². The van der Waals surface area contributed by atoms with Crippen LogP contribution >= 0.6 is 0 Å². The minimum absolute atomic E-state index is 0.0723. The average molecular weight is 485 g/mol. The quantitative estimate of drug-likeness (QED) is 0.443. The molecule has 1 aromatic rings. The van der Waals surface area contributed by atoms with E-state index in [1.165, 1.54) is 0 Å². The number of nitrogens with one attached hydrogen (secondary N) is 1. The zero-order chi connectivity index (χ0) is 25.9. The first-order chi connectivity index (χ1) is 16.3. The largest absolute Gasteiger partial charge is 0.494 e. The smallest absolute Gasteiger partial charge is 0.461 e. The predicted octanol–water partition coefficient (Wildman–Crippen LogP) is 4.77. The van der Waals surface area contributed by atoms with Gasteiger partial charge in [0.25, 0.3) is 0 Å². The van der Waals surface area contributed by atoms with Gasteiger partial charge in [-0.1, -0.05) is 36.4 Å². The highest BCUT2D eigenvalue weighted by Crippen LogP contribution is 2.36. The van der Waals surface area contributed by atoms with Crippen molar-refractivity contribution >= 4 is 30.7 Å². The molecule has 3 rings (SSSR count). The summed E-state index contributed by atoms with van der Waals surface area (Å²) in [6.45, 7) is 13.5. The van der Waals surface area contributed by atoms with Crippen LogP contribution in [-0.2, 0) is 23.6 Å². The van der Waals surface area contributed by atoms with Crippen LogP contribution < -0.4 is 10.8 Å². The lowest BCUT2D eigenvalue weighted by Gasteiger charge is -2.32. The van der Waals surface area contributed by atoms with Gasteiger partial charge in [-0.05, 0) is 91.6 Å². The second kappa shape index (κ2) is 10.7. The van der Waals surface area contributed by atoms with Gasteiger partial charge >= 0.3 is 19.2 Å². The minimum atomic E-state index is -0.814. The Bertz CT molecular complexity index is 897. The van der Waals surface area contributed by atoms with Gasteiger partial charge in [-0.25, -0.2) is 9.59 Å². The van der Waals surface area contributed by atoms with Crippen molar-refractivity contribution in [3.05, 3.63) is 35.9 Å². The van der Waals surface area contributed by atoms with Crippen LogP contribution in [0.1, 0.15) is 86.1 Å². The van der Waals surface area contributed by atoms with Gasteiger partial charge in [-0.3, -0.25) is 0 Å². The average Bonchev–Trinajstić information content (AvgIpc) is 3.31. The van der Waals surface area contributed by atoms with Crippen molar-refractivity contribution in [2.75, 3.05) is 0 Å². The van der Waals surface area contributed by atoms with E-state index < -0.39 is 30.8 Å². The molecule has 0 radical (unpaired) electrons. The number of amides is 1. The molecule has 0 spiro atoms. The van der Waals surface area contributed by atoms with Crippen molar-refractivity contribution in [2.24, 2.45) is 0 Å². The lowest BCUT2D eigenvalue weighted by molar-refractivity contribution is -0.151. The summed E-state index contributed by atoms with van der Waals surface area (Å²) in [5, 5.41) is 2.68. The summed E-state index contributed by atoms with van der Waals surface area (Å²) in [5.74, 6) is -0.427. The van der Waals surface area contributed by atoms with Crippen molar-refractivity contribution in [3.63, 3.8) is 0 Å². The number of ether oxygens (including phenoxy) is 2. The normalized spacial score (nSPS) is 20.7. The van der Waals surface area contributed by atoms with Gasteiger partial charge in [0.15, 0.2) is 0 Å². The van der Waals surface area contributed by atoms with E-state index in [-0.39, 0.29) is 17.3 Å². The summed E-state index contributed by atoms with van der Waals surface area (Å²) < 4.78 is 23.2. The third-order valence-electron chi connectivity index (χ3n) is 6.70. The summed E-state index contributed by atoms with van der Waals surface area (Å²) >= 11 is 0. The fourth-order valence-electron chi connectivity index (χ4n) is 4.00. The van der Waals surface area contributed by atoms with Crippen LogP contribution in [0.2, 0.25) is 0 Å². The molecule has 1 aromatic carbocycles. The zero-order valence-electron chi connectivity index (χ0n) is 22.2. The topological polar surface area (TPSA) is 83.1 Å². The Labute approximate surface area is 210 Å². The van der Waals surface area contributed by atoms with Crippen molar-refractivity contribution in [1.82, 2.24) is 5.32 Å². The van der Waals surface area contributed by atoms with E-state index in [1.54, 1.807) is 20.8 Å². The Hall–Kier alpha value is -2.32. The summed E-state index contributed by atoms with van der Waals surface area (Å²) in [6.07, 6.45) is 7.23. The molecular weight excluding hydrogens is 445 g/mol. The molecule has 192 valence electrons. The summed E-state index contributed by atoms with van der Waals surface area (Å²) in [5.41, 5.74) is 0.480. The van der Waals surface area contributed by atoms with Gasteiger partial charge in [0, 0.05) is 0 Å². The van der Waals surface area contributed by atoms with E-state index in [4.69, 9.17) is 18.8 Å². The molecule has 1 heterocycles. The molecule has 0 aromatic heterocycles. The number of carbonyl (C=O) groups is 2. The van der Waals surface area contributed by atoms with Crippen LogP contribution in [0.5, 0.6) is 0 Å². The van der Waals surface area contributed by atoms with Crippen LogP contribution in [-0.4, -0.2) is 48.1 Å². The Morgan fingerprint density at radius 1 is 1.09 bits per heavy atom. The fourth-order valence-corrected chi connectivity index (χ4v) is 4.00. The molecule has 2 fully saturated rings. The molecule has 1 aliphatic heterocycles. The second-order valence-electron chi connectivity index (χ2n) is 11.4. The lowest BCUT2D eigenvalue weighted by atomic mass is 9.79. The molecule has 8 heteroatoms. The van der Waals surface area contributed by atoms with Gasteiger partial charge in [0.1, 0.15) is 17.7 Å². The second-order valence-corrected chi connectivity index (χ2v) is 11.4. The van der Waals surface area contributed by atoms with Gasteiger partial charge in [-0.2, -0.15) is 0 Å². The Morgan fingerprint density at radius 3 is 2.20 bits per heavy atom. The van der Waals surface area contributed by atoms with Crippen molar-refractivity contribution in [3.8, 4) is 0 Å². The molecule has 1 amide bonds. The van der Waals surface area contributed by atoms with E-state index in [9.17, 15) is 9.59 Å². The molecular formula is C27H40BNO6. The van der Waals surface area contributed by atoms with Gasteiger partial charge in [0.05, 0.1) is 11.2 Å². The monoisotopic (exact) mass is 485 g/mol. The first-order valence-corrected chi connectivity index (χ1v) is 12.6. The summed E-state index contributed by atoms with van der Waals surface area (Å²) in [6, 6.07) is 7.10. The molecule has 35 heavy (non-hydrogen) atoms. The molecule has 1 atom stereocenters. The highest BCUT2D eigenvalue weighted by molar-refractivity contribution is 6.62. The maximum Gasteiger partial charge on any atom is 0.494 e. The third kappa shape index (κ3) is 7.58. The molecule has 0 bridgehead atoms. The van der Waals surface area contributed by atoms with Crippen LogP contribution in [0.4, 0.5) is 4.79 Å². The third-order valence-corrected chi connectivity index (χ3v) is 6.70. The fraction of sp³-hybridized carbons (Fsp3) is 0.630. The SMILES string of the molecule is CC(C)(C)OC(=O)N[C@@H](CC=Cc1ccc(B2OC(C)(C)C(C)(C)O2)cc1)C(=O)OC1CCCC1. The van der Waals surface area contributed by atoms with E-state index in [1.807, 2.05) is 64.1 Å². The zero-order valence-corrected chi connectivity index (χ0v) is 22.2. The summed E-state index contributed by atoms with van der Waals surface area (Å²) in [4.78, 5) is 25.1. The molecule has 1 saturated heterocycles. The number of esters is 1. The van der Waals surface area contributed by atoms with Crippen LogP contribution in [0.25, 0.3) is 6.08 Å². The van der Waals surface area contributed by atoms with E-state index in [2.05, 4.69) is 5.32 Å². The number of rotatable bonds is 7. The van der Waals surface area contributed by atoms with Crippen molar-refractivity contribution in [1.29, 1.82) is 0 Å². The first-order valence-electron chi connectivity index (χ1n) is 12.6. The van der Waals surface area contributed by atoms with Crippen LogP contribution in [0.15, 0.2) is 30.3 Å². The highest BCUT2D eigenvalue weighted by Gasteiger charge is 2.51. The first kappa shape index (κ1) is 27.3. The molecule has 1 saturated carbocycles. The molecule has 2 aliphatic rings. The molecule has 7 nitrogen and oxygen atoms in total. The minimum Gasteiger partial charge on any atom is -0.461 e. The highest BCUT2D eigenvalue weighted by atomic mass is 16.7. The predicted molar refractivity (Wildman–Crippen MR) is 137 cm³/mol. The maximum absolute atomic E-state index is 12.8. The molecule has 1 aliphatic carbocycles. The van der Waals surface area contributed by atoms with Crippen LogP contribution in [0, 0.1) is 0 Å². The van der Waals surface area contributed by atoms with Gasteiger partial charge in [0.2, 0.25) is 0 Å². The van der Waals surface area contributed by atoms with Crippen molar-refractivity contribution in [2.45, 2.75) is 110 Å². The number of alkyl carbamates (subject to hydrolysis) is 1. The Kier molecular flexibility index (Phi) is 8.38. The van der Waals surface area contributed by atoms with Gasteiger partial charge < -0.3 is 24.1 Å². The molecule has 1 N–H and O–H groups in total. The van der Waals surface area contributed by atoms with Gasteiger partial charge in [-0.15, -0.1) is 0 Å². The van der Waals surface area contributed by atoms with E-state index in [0.717, 1.165) is 36.7 Å².